The molecule has 2 nitrogen and oxygen atoms in total. The summed E-state index contributed by atoms with van der Waals surface area (Å²) < 4.78 is 12.8. The summed E-state index contributed by atoms with van der Waals surface area (Å²) in [5, 5.41) is 3.38. The quantitative estimate of drug-likeness (QED) is 0.907. The van der Waals surface area contributed by atoms with Gasteiger partial charge in [-0.2, -0.15) is 0 Å². The standard InChI is InChI=1S/C14H21FN2.ClH/c1-17(11-13-6-8-16-9-7-13)10-12-2-4-14(15)5-3-12;/h2-5,13,16H,6-11H2,1H3;1H. The maximum atomic E-state index is 12.8. The molecule has 1 aromatic carbocycles. The van der Waals surface area contributed by atoms with Crippen LogP contribution in [0.5, 0.6) is 0 Å². The monoisotopic (exact) mass is 272 g/mol. The highest BCUT2D eigenvalue weighted by Crippen LogP contribution is 2.14. The summed E-state index contributed by atoms with van der Waals surface area (Å²) in [5.41, 5.74) is 1.18. The molecule has 1 aliphatic heterocycles. The maximum Gasteiger partial charge on any atom is 0.123 e. The molecule has 0 radical (unpaired) electrons. The molecular formula is C14H22ClFN2. The van der Waals surface area contributed by atoms with Crippen LogP contribution in [0.3, 0.4) is 0 Å². The minimum Gasteiger partial charge on any atom is -0.317 e. The summed E-state index contributed by atoms with van der Waals surface area (Å²) in [6.45, 7) is 4.34. The summed E-state index contributed by atoms with van der Waals surface area (Å²) in [6, 6.07) is 6.81. The van der Waals surface area contributed by atoms with Gasteiger partial charge >= 0.3 is 0 Å². The van der Waals surface area contributed by atoms with Crippen LogP contribution in [-0.4, -0.2) is 31.6 Å². The smallest absolute Gasteiger partial charge is 0.123 e. The fourth-order valence-electron chi connectivity index (χ4n) is 2.47. The summed E-state index contributed by atoms with van der Waals surface area (Å²) in [6.07, 6.45) is 2.54. The predicted octanol–water partition coefficient (Wildman–Crippen LogP) is 2.68. The molecule has 0 unspecified atom stereocenters. The zero-order chi connectivity index (χ0) is 12.1. The van der Waals surface area contributed by atoms with Gasteiger partial charge in [-0.1, -0.05) is 12.1 Å². The minimum atomic E-state index is -0.158. The maximum absolute atomic E-state index is 12.8. The molecule has 18 heavy (non-hydrogen) atoms. The Morgan fingerprint density at radius 2 is 1.83 bits per heavy atom. The van der Waals surface area contributed by atoms with Crippen LogP contribution < -0.4 is 5.32 Å². The third kappa shape index (κ3) is 4.92. The van der Waals surface area contributed by atoms with Gasteiger partial charge in [0, 0.05) is 13.1 Å². The van der Waals surface area contributed by atoms with E-state index < -0.39 is 0 Å². The van der Waals surface area contributed by atoms with E-state index >= 15 is 0 Å². The van der Waals surface area contributed by atoms with E-state index in [2.05, 4.69) is 17.3 Å². The normalized spacial score (nSPS) is 16.6. The fourth-order valence-corrected chi connectivity index (χ4v) is 2.47. The first-order chi connectivity index (χ1) is 8.24. The molecule has 0 aromatic heterocycles. The van der Waals surface area contributed by atoms with Crippen molar-refractivity contribution in [3.05, 3.63) is 35.6 Å². The Bertz CT molecular complexity index is 336. The Morgan fingerprint density at radius 1 is 1.22 bits per heavy atom. The topological polar surface area (TPSA) is 15.3 Å². The third-order valence-corrected chi connectivity index (χ3v) is 3.39. The Hall–Kier alpha value is -0.640. The molecule has 1 heterocycles. The molecule has 0 atom stereocenters. The highest BCUT2D eigenvalue weighted by molar-refractivity contribution is 5.85. The van der Waals surface area contributed by atoms with Gasteiger partial charge in [0.05, 0.1) is 0 Å². The first kappa shape index (κ1) is 15.4. The average Bonchev–Trinajstić information content (AvgIpc) is 2.33. The van der Waals surface area contributed by atoms with Crippen molar-refractivity contribution in [3.63, 3.8) is 0 Å². The second-order valence-electron chi connectivity index (χ2n) is 5.02. The average molecular weight is 273 g/mol. The van der Waals surface area contributed by atoms with Crippen molar-refractivity contribution >= 4 is 12.4 Å². The largest absolute Gasteiger partial charge is 0.317 e. The lowest BCUT2D eigenvalue weighted by Crippen LogP contribution is -2.34. The lowest BCUT2D eigenvalue weighted by molar-refractivity contribution is 0.234. The summed E-state index contributed by atoms with van der Waals surface area (Å²) >= 11 is 0. The van der Waals surface area contributed by atoms with Crippen LogP contribution in [0.1, 0.15) is 18.4 Å². The van der Waals surface area contributed by atoms with E-state index in [9.17, 15) is 4.39 Å². The van der Waals surface area contributed by atoms with Gasteiger partial charge in [-0.05, 0) is 56.6 Å². The number of piperidine rings is 1. The van der Waals surface area contributed by atoms with Gasteiger partial charge < -0.3 is 10.2 Å². The van der Waals surface area contributed by atoms with Crippen LogP contribution >= 0.6 is 12.4 Å². The van der Waals surface area contributed by atoms with Crippen molar-refractivity contribution in [2.45, 2.75) is 19.4 Å². The molecule has 1 fully saturated rings. The minimum absolute atomic E-state index is 0. The predicted molar refractivity (Wildman–Crippen MR) is 75.6 cm³/mol. The number of halogens is 2. The Kier molecular flexibility index (Phi) is 6.61. The van der Waals surface area contributed by atoms with Crippen LogP contribution in [0.2, 0.25) is 0 Å². The number of hydrogen-bond donors (Lipinski definition) is 1. The molecule has 0 aliphatic carbocycles. The molecule has 102 valence electrons. The van der Waals surface area contributed by atoms with Crippen molar-refractivity contribution in [2.24, 2.45) is 5.92 Å². The molecule has 4 heteroatoms. The first-order valence-electron chi connectivity index (χ1n) is 6.38. The molecule has 2 rings (SSSR count). The zero-order valence-corrected chi connectivity index (χ0v) is 11.7. The SMILES string of the molecule is CN(Cc1ccc(F)cc1)CC1CCNCC1.Cl. The van der Waals surface area contributed by atoms with E-state index in [4.69, 9.17) is 0 Å². The van der Waals surface area contributed by atoms with E-state index in [0.29, 0.717) is 0 Å². The molecule has 0 saturated carbocycles. The Balaban J connectivity index is 0.00000162. The highest BCUT2D eigenvalue weighted by atomic mass is 35.5. The highest BCUT2D eigenvalue weighted by Gasteiger charge is 2.14. The van der Waals surface area contributed by atoms with Crippen molar-refractivity contribution < 1.29 is 4.39 Å². The third-order valence-electron chi connectivity index (χ3n) is 3.39. The number of nitrogens with one attached hydrogen (secondary N) is 1. The number of rotatable bonds is 4. The molecular weight excluding hydrogens is 251 g/mol. The Labute approximate surface area is 115 Å². The van der Waals surface area contributed by atoms with Gasteiger partial charge in [0.15, 0.2) is 0 Å². The van der Waals surface area contributed by atoms with Gasteiger partial charge in [-0.15, -0.1) is 12.4 Å². The zero-order valence-electron chi connectivity index (χ0n) is 10.9. The summed E-state index contributed by atoms with van der Waals surface area (Å²) in [5.74, 6) is 0.649. The lowest BCUT2D eigenvalue weighted by atomic mass is 9.97. The van der Waals surface area contributed by atoms with Crippen molar-refractivity contribution in [2.75, 3.05) is 26.7 Å². The van der Waals surface area contributed by atoms with Crippen molar-refractivity contribution in [3.8, 4) is 0 Å². The molecule has 1 aliphatic rings. The molecule has 1 saturated heterocycles. The van der Waals surface area contributed by atoms with Crippen molar-refractivity contribution in [1.29, 1.82) is 0 Å². The summed E-state index contributed by atoms with van der Waals surface area (Å²) in [4.78, 5) is 2.34. The number of benzene rings is 1. The fraction of sp³-hybridized carbons (Fsp3) is 0.571. The Morgan fingerprint density at radius 3 is 2.44 bits per heavy atom. The van der Waals surface area contributed by atoms with E-state index in [1.807, 2.05) is 12.1 Å². The molecule has 0 bridgehead atoms. The van der Waals surface area contributed by atoms with E-state index in [0.717, 1.165) is 32.1 Å². The second-order valence-corrected chi connectivity index (χ2v) is 5.02. The van der Waals surface area contributed by atoms with Crippen LogP contribution in [0.25, 0.3) is 0 Å². The van der Waals surface area contributed by atoms with E-state index in [1.165, 1.54) is 30.5 Å². The van der Waals surface area contributed by atoms with Gasteiger partial charge in [-0.3, -0.25) is 0 Å². The molecule has 1 N–H and O–H groups in total. The van der Waals surface area contributed by atoms with Gasteiger partial charge in [0.2, 0.25) is 0 Å². The first-order valence-corrected chi connectivity index (χ1v) is 6.38. The van der Waals surface area contributed by atoms with Crippen molar-refractivity contribution in [1.82, 2.24) is 10.2 Å². The van der Waals surface area contributed by atoms with Crippen LogP contribution in [0.4, 0.5) is 4.39 Å². The summed E-state index contributed by atoms with van der Waals surface area (Å²) in [7, 11) is 2.14. The number of hydrogen-bond acceptors (Lipinski definition) is 2. The van der Waals surface area contributed by atoms with Crippen LogP contribution in [-0.2, 0) is 6.54 Å². The number of nitrogens with zero attached hydrogens (tertiary/aromatic N) is 1. The van der Waals surface area contributed by atoms with Gasteiger partial charge in [0.1, 0.15) is 5.82 Å². The molecule has 1 aromatic rings. The van der Waals surface area contributed by atoms with E-state index in [1.54, 1.807) is 0 Å². The van der Waals surface area contributed by atoms with E-state index in [-0.39, 0.29) is 18.2 Å². The van der Waals surface area contributed by atoms with Gasteiger partial charge in [-0.25, -0.2) is 4.39 Å². The molecule has 0 amide bonds. The van der Waals surface area contributed by atoms with Crippen LogP contribution in [0.15, 0.2) is 24.3 Å². The second kappa shape index (κ2) is 7.72. The molecule has 0 spiro atoms. The lowest BCUT2D eigenvalue weighted by Gasteiger charge is -2.27. The van der Waals surface area contributed by atoms with Crippen LogP contribution in [0, 0.1) is 11.7 Å². The van der Waals surface area contributed by atoms with Gasteiger partial charge in [0.25, 0.3) is 0 Å².